The van der Waals surface area contributed by atoms with Crippen molar-refractivity contribution in [3.05, 3.63) is 59.7 Å². The molecule has 148 valence electrons. The van der Waals surface area contributed by atoms with Gasteiger partial charge in [-0.25, -0.2) is 14.8 Å². The number of alkyl halides is 2. The number of halogens is 2. The Morgan fingerprint density at radius 2 is 1.57 bits per heavy atom. The van der Waals surface area contributed by atoms with E-state index in [1.54, 1.807) is 0 Å². The molecule has 0 fully saturated rings. The van der Waals surface area contributed by atoms with Crippen LogP contribution in [0, 0.1) is 0 Å². The Balaban J connectivity index is 1.57. The van der Waals surface area contributed by atoms with E-state index in [0.29, 0.717) is 0 Å². The van der Waals surface area contributed by atoms with Crippen LogP contribution in [0.3, 0.4) is 0 Å². The summed E-state index contributed by atoms with van der Waals surface area (Å²) >= 11 is -0.775. The van der Waals surface area contributed by atoms with E-state index in [1.807, 2.05) is 48.5 Å². The van der Waals surface area contributed by atoms with Gasteiger partial charge in [-0.1, -0.05) is 53.6 Å². The Hall–Kier alpha value is -2.53. The standard InChI is InChI=1S/C18H14F2O7S/c19-18(20,28-27-26-23)17(22)25-10-16(21)24-9-15-13-7-3-1-5-11(13)12-6-2-4-8-14(12)15/h1-8,15,23H,9-10H2. The number of carbonyl (C=O) groups is 2. The first-order valence-electron chi connectivity index (χ1n) is 7.99. The van der Waals surface area contributed by atoms with E-state index >= 15 is 0 Å². The lowest BCUT2D eigenvalue weighted by atomic mass is 9.98. The minimum atomic E-state index is -4.17. The zero-order valence-electron chi connectivity index (χ0n) is 14.2. The maximum atomic E-state index is 13.2. The third-order valence-electron chi connectivity index (χ3n) is 4.10. The molecule has 2 aromatic rings. The zero-order chi connectivity index (χ0) is 20.1. The molecule has 10 heteroatoms. The van der Waals surface area contributed by atoms with Crippen LogP contribution in [0.2, 0.25) is 0 Å². The highest BCUT2D eigenvalue weighted by Gasteiger charge is 2.44. The highest BCUT2D eigenvalue weighted by atomic mass is 32.2. The summed E-state index contributed by atoms with van der Waals surface area (Å²) < 4.78 is 39.3. The summed E-state index contributed by atoms with van der Waals surface area (Å²) in [7, 11) is 0. The van der Waals surface area contributed by atoms with Gasteiger partial charge < -0.3 is 9.47 Å². The fourth-order valence-electron chi connectivity index (χ4n) is 2.96. The van der Waals surface area contributed by atoms with Crippen molar-refractivity contribution in [1.82, 2.24) is 0 Å². The van der Waals surface area contributed by atoms with Crippen LogP contribution < -0.4 is 0 Å². The molecular weight excluding hydrogens is 398 g/mol. The quantitative estimate of drug-likeness (QED) is 0.305. The van der Waals surface area contributed by atoms with Gasteiger partial charge in [0.1, 0.15) is 18.6 Å². The molecule has 0 bridgehead atoms. The lowest BCUT2D eigenvalue weighted by molar-refractivity contribution is -0.433. The Bertz CT molecular complexity index is 829. The normalized spacial score (nSPS) is 13.0. The second-order valence-electron chi connectivity index (χ2n) is 5.73. The molecule has 0 amide bonds. The summed E-state index contributed by atoms with van der Waals surface area (Å²) in [5.41, 5.74) is 4.04. The molecule has 0 aliphatic heterocycles. The van der Waals surface area contributed by atoms with E-state index in [-0.39, 0.29) is 12.5 Å². The van der Waals surface area contributed by atoms with Crippen molar-refractivity contribution in [3.8, 4) is 11.1 Å². The molecule has 1 aliphatic rings. The first-order chi connectivity index (χ1) is 13.4. The van der Waals surface area contributed by atoms with Crippen LogP contribution in [0.15, 0.2) is 48.5 Å². The molecular formula is C18H14F2O7S. The van der Waals surface area contributed by atoms with Crippen molar-refractivity contribution in [2.24, 2.45) is 0 Å². The lowest BCUT2D eigenvalue weighted by Crippen LogP contribution is -2.30. The molecule has 0 spiro atoms. The van der Waals surface area contributed by atoms with E-state index in [1.165, 1.54) is 0 Å². The molecule has 0 radical (unpaired) electrons. The van der Waals surface area contributed by atoms with Crippen LogP contribution in [-0.2, 0) is 28.4 Å². The van der Waals surface area contributed by atoms with Crippen molar-refractivity contribution in [3.63, 3.8) is 0 Å². The maximum absolute atomic E-state index is 13.2. The van der Waals surface area contributed by atoms with Gasteiger partial charge in [0, 0.05) is 5.92 Å². The monoisotopic (exact) mass is 412 g/mol. The third kappa shape index (κ3) is 4.30. The summed E-state index contributed by atoms with van der Waals surface area (Å²) in [5.74, 6) is -3.22. The minimum absolute atomic E-state index is 0.0307. The van der Waals surface area contributed by atoms with Crippen LogP contribution in [0.25, 0.3) is 11.1 Å². The summed E-state index contributed by atoms with van der Waals surface area (Å²) in [4.78, 5) is 23.1. The van der Waals surface area contributed by atoms with Crippen molar-refractivity contribution < 1.29 is 42.5 Å². The van der Waals surface area contributed by atoms with E-state index < -0.39 is 35.8 Å². The second kappa shape index (κ2) is 8.65. The summed E-state index contributed by atoms with van der Waals surface area (Å²) in [5, 5.41) is 6.66. The summed E-state index contributed by atoms with van der Waals surface area (Å²) in [6.07, 6.45) is 0. The smallest absolute Gasteiger partial charge is 0.415 e. The highest BCUT2D eigenvalue weighted by molar-refractivity contribution is 7.96. The largest absolute Gasteiger partial charge is 0.462 e. The third-order valence-corrected chi connectivity index (χ3v) is 4.61. The number of hydrogen-bond donors (Lipinski definition) is 1. The van der Waals surface area contributed by atoms with E-state index in [0.717, 1.165) is 22.3 Å². The van der Waals surface area contributed by atoms with Crippen LogP contribution >= 0.6 is 12.0 Å². The second-order valence-corrected chi connectivity index (χ2v) is 6.54. The van der Waals surface area contributed by atoms with E-state index in [2.05, 4.69) is 14.1 Å². The van der Waals surface area contributed by atoms with E-state index in [9.17, 15) is 18.4 Å². The summed E-state index contributed by atoms with van der Waals surface area (Å²) in [6.45, 7) is -1.03. The lowest BCUT2D eigenvalue weighted by Gasteiger charge is -2.15. The van der Waals surface area contributed by atoms with Crippen LogP contribution in [0.1, 0.15) is 17.0 Å². The number of carbonyl (C=O) groups excluding carboxylic acids is 2. The zero-order valence-corrected chi connectivity index (χ0v) is 15.0. The molecule has 0 saturated heterocycles. The predicted octanol–water partition coefficient (Wildman–Crippen LogP) is 3.55. The molecule has 28 heavy (non-hydrogen) atoms. The number of rotatable bonds is 8. The molecule has 3 rings (SSSR count). The van der Waals surface area contributed by atoms with Crippen LogP contribution in [0.5, 0.6) is 0 Å². The number of ether oxygens (including phenoxy) is 2. The number of hydrogen-bond acceptors (Lipinski definition) is 8. The predicted molar refractivity (Wildman–Crippen MR) is 93.0 cm³/mol. The van der Waals surface area contributed by atoms with Gasteiger partial charge in [0.25, 0.3) is 0 Å². The van der Waals surface area contributed by atoms with Crippen LogP contribution in [-0.4, -0.2) is 35.7 Å². The summed E-state index contributed by atoms with van der Waals surface area (Å²) in [6, 6.07) is 15.4. The molecule has 0 atom stereocenters. The molecule has 0 heterocycles. The Labute approximate surface area is 162 Å². The molecule has 2 aromatic carbocycles. The van der Waals surface area contributed by atoms with Gasteiger partial charge in [-0.2, -0.15) is 8.78 Å². The van der Waals surface area contributed by atoms with Gasteiger partial charge >= 0.3 is 17.2 Å². The first kappa shape index (κ1) is 20.2. The fourth-order valence-corrected chi connectivity index (χ4v) is 3.20. The minimum Gasteiger partial charge on any atom is -0.462 e. The molecule has 0 aromatic heterocycles. The average molecular weight is 412 g/mol. The molecule has 1 N–H and O–H groups in total. The van der Waals surface area contributed by atoms with Crippen LogP contribution in [0.4, 0.5) is 8.78 Å². The van der Waals surface area contributed by atoms with Gasteiger partial charge in [-0.15, -0.1) is 4.33 Å². The van der Waals surface area contributed by atoms with E-state index in [4.69, 9.17) is 9.99 Å². The van der Waals surface area contributed by atoms with Crippen molar-refractivity contribution in [1.29, 1.82) is 0 Å². The van der Waals surface area contributed by atoms with Gasteiger partial charge in [0.05, 0.1) is 0 Å². The molecule has 1 aliphatic carbocycles. The number of benzene rings is 2. The fraction of sp³-hybridized carbons (Fsp3) is 0.222. The van der Waals surface area contributed by atoms with Crippen molar-refractivity contribution in [2.75, 3.05) is 13.2 Å². The van der Waals surface area contributed by atoms with Crippen molar-refractivity contribution >= 4 is 24.0 Å². The Morgan fingerprint density at radius 3 is 2.14 bits per heavy atom. The maximum Gasteiger partial charge on any atom is 0.415 e. The molecule has 7 nitrogen and oxygen atoms in total. The number of fused-ring (bicyclic) bond motifs is 3. The average Bonchev–Trinajstić information content (AvgIpc) is 3.02. The number of esters is 2. The molecule has 0 unspecified atom stereocenters. The highest BCUT2D eigenvalue weighted by Crippen LogP contribution is 2.44. The Kier molecular flexibility index (Phi) is 6.25. The van der Waals surface area contributed by atoms with Crippen molar-refractivity contribution in [2.45, 2.75) is 11.2 Å². The topological polar surface area (TPSA) is 91.3 Å². The first-order valence-corrected chi connectivity index (χ1v) is 8.73. The van der Waals surface area contributed by atoms with Gasteiger partial charge in [0.15, 0.2) is 6.61 Å². The van der Waals surface area contributed by atoms with Gasteiger partial charge in [-0.05, 0) is 22.3 Å². The van der Waals surface area contributed by atoms with Gasteiger partial charge in [0.2, 0.25) is 0 Å². The molecule has 0 saturated carbocycles. The SMILES string of the molecule is O=C(COC(=O)C(F)(F)SOOO)OCC1c2ccccc2-c2ccccc21. The Morgan fingerprint density at radius 1 is 1.00 bits per heavy atom. The van der Waals surface area contributed by atoms with Gasteiger partial charge in [-0.3, -0.25) is 0 Å².